The van der Waals surface area contributed by atoms with Gasteiger partial charge in [-0.15, -0.1) is 22.9 Å². The molecule has 1 atom stereocenters. The highest BCUT2D eigenvalue weighted by Gasteiger charge is 1.98. The number of hydrogen-bond acceptors (Lipinski definition) is 1. The molecule has 0 bridgehead atoms. The first kappa shape index (κ1) is 6.12. The van der Waals surface area contributed by atoms with Gasteiger partial charge >= 0.3 is 0 Å². The van der Waals surface area contributed by atoms with E-state index in [0.29, 0.717) is 0 Å². The maximum absolute atomic E-state index is 5.72. The van der Waals surface area contributed by atoms with E-state index in [0.717, 1.165) is 5.56 Å². The van der Waals surface area contributed by atoms with Gasteiger partial charge in [0.25, 0.3) is 0 Å². The monoisotopic (exact) mass is 145 g/mol. The van der Waals surface area contributed by atoms with E-state index in [4.69, 9.17) is 11.6 Å². The molecule has 2 heteroatoms. The lowest BCUT2D eigenvalue weighted by molar-refractivity contribution is 1.09. The standard InChI is InChI=1S/C6H6ClS/c1-5(7)6-2-3-8-4-6/h2-3,5H,1H3. The minimum atomic E-state index is 0.112. The third-order valence-electron chi connectivity index (χ3n) is 0.921. The van der Waals surface area contributed by atoms with Crippen molar-refractivity contribution in [3.05, 3.63) is 22.4 Å². The number of halogens is 1. The van der Waals surface area contributed by atoms with Crippen molar-refractivity contribution in [2.45, 2.75) is 12.3 Å². The predicted molar refractivity (Wildman–Crippen MR) is 37.4 cm³/mol. The van der Waals surface area contributed by atoms with E-state index >= 15 is 0 Å². The van der Waals surface area contributed by atoms with Crippen LogP contribution in [-0.4, -0.2) is 0 Å². The van der Waals surface area contributed by atoms with Crippen LogP contribution < -0.4 is 0 Å². The van der Waals surface area contributed by atoms with E-state index in [-0.39, 0.29) is 5.38 Å². The lowest BCUT2D eigenvalue weighted by Crippen LogP contribution is -1.75. The summed E-state index contributed by atoms with van der Waals surface area (Å²) >= 11 is 7.28. The predicted octanol–water partition coefficient (Wildman–Crippen LogP) is 2.85. The van der Waals surface area contributed by atoms with E-state index < -0.39 is 0 Å². The fourth-order valence-corrected chi connectivity index (χ4v) is 1.31. The maximum atomic E-state index is 5.72. The van der Waals surface area contributed by atoms with E-state index in [1.165, 1.54) is 0 Å². The number of thiophene rings is 1. The van der Waals surface area contributed by atoms with Gasteiger partial charge in [-0.2, -0.15) is 0 Å². The Labute approximate surface area is 58.1 Å². The van der Waals surface area contributed by atoms with E-state index in [2.05, 4.69) is 5.38 Å². The van der Waals surface area contributed by atoms with Gasteiger partial charge in [0.2, 0.25) is 0 Å². The lowest BCUT2D eigenvalue weighted by Gasteiger charge is -1.92. The van der Waals surface area contributed by atoms with Gasteiger partial charge in [0.1, 0.15) is 0 Å². The van der Waals surface area contributed by atoms with E-state index in [1.807, 2.05) is 18.4 Å². The normalized spacial score (nSPS) is 13.8. The number of rotatable bonds is 1. The minimum Gasteiger partial charge on any atom is -0.143 e. The SMILES string of the molecule is CC(Cl)c1[c]scc1. The Kier molecular flexibility index (Phi) is 1.92. The molecule has 0 amide bonds. The third kappa shape index (κ3) is 1.23. The summed E-state index contributed by atoms with van der Waals surface area (Å²) in [5, 5.41) is 5.14. The van der Waals surface area contributed by atoms with Crippen LogP contribution in [0.5, 0.6) is 0 Å². The first-order chi connectivity index (χ1) is 3.80. The molecule has 0 spiro atoms. The zero-order valence-electron chi connectivity index (χ0n) is 4.52. The van der Waals surface area contributed by atoms with Gasteiger partial charge in [0.05, 0.1) is 5.38 Å². The van der Waals surface area contributed by atoms with Crippen molar-refractivity contribution < 1.29 is 0 Å². The second-order valence-corrected chi connectivity index (χ2v) is 2.96. The first-order valence-electron chi connectivity index (χ1n) is 2.40. The third-order valence-corrected chi connectivity index (χ3v) is 1.78. The average Bonchev–Trinajstić information content (AvgIpc) is 2.12. The van der Waals surface area contributed by atoms with Crippen LogP contribution in [0.4, 0.5) is 0 Å². The van der Waals surface area contributed by atoms with E-state index in [9.17, 15) is 0 Å². The molecular formula is C6H6ClS. The molecule has 0 N–H and O–H groups in total. The van der Waals surface area contributed by atoms with Crippen LogP contribution in [-0.2, 0) is 0 Å². The van der Waals surface area contributed by atoms with Gasteiger partial charge in [0, 0.05) is 5.38 Å². The second-order valence-electron chi connectivity index (χ2n) is 1.59. The molecule has 1 heterocycles. The highest BCUT2D eigenvalue weighted by atomic mass is 35.5. The summed E-state index contributed by atoms with van der Waals surface area (Å²) in [6.07, 6.45) is 0. The van der Waals surface area contributed by atoms with Crippen LogP contribution in [0.25, 0.3) is 0 Å². The van der Waals surface area contributed by atoms with Crippen LogP contribution in [0.3, 0.4) is 0 Å². The smallest absolute Gasteiger partial charge is 0.0571 e. The summed E-state index contributed by atoms with van der Waals surface area (Å²) in [7, 11) is 0. The first-order valence-corrected chi connectivity index (χ1v) is 3.71. The minimum absolute atomic E-state index is 0.112. The fraction of sp³-hybridized carbons (Fsp3) is 0.333. The van der Waals surface area contributed by atoms with Crippen LogP contribution >= 0.6 is 22.9 Å². The van der Waals surface area contributed by atoms with Crippen LogP contribution in [0.2, 0.25) is 0 Å². The summed E-state index contributed by atoms with van der Waals surface area (Å²) < 4.78 is 0. The van der Waals surface area contributed by atoms with E-state index in [1.54, 1.807) is 11.3 Å². The Balaban J connectivity index is 2.77. The van der Waals surface area contributed by atoms with Gasteiger partial charge in [-0.3, -0.25) is 0 Å². The topological polar surface area (TPSA) is 0 Å². The summed E-state index contributed by atoms with van der Waals surface area (Å²) in [4.78, 5) is 0. The van der Waals surface area contributed by atoms with Crippen molar-refractivity contribution in [2.24, 2.45) is 0 Å². The summed E-state index contributed by atoms with van der Waals surface area (Å²) in [6, 6.07) is 1.99. The van der Waals surface area contributed by atoms with Crippen LogP contribution in [0, 0.1) is 5.38 Å². The van der Waals surface area contributed by atoms with Gasteiger partial charge in [0.15, 0.2) is 0 Å². The molecule has 43 valence electrons. The molecular weight excluding hydrogens is 140 g/mol. The number of hydrogen-bond donors (Lipinski definition) is 0. The Morgan fingerprint density at radius 3 is 2.88 bits per heavy atom. The number of alkyl halides is 1. The lowest BCUT2D eigenvalue weighted by atomic mass is 10.3. The van der Waals surface area contributed by atoms with Crippen molar-refractivity contribution in [3.63, 3.8) is 0 Å². The summed E-state index contributed by atoms with van der Waals surface area (Å²) in [6.45, 7) is 1.94. The van der Waals surface area contributed by atoms with Crippen molar-refractivity contribution in [1.82, 2.24) is 0 Å². The Bertz CT molecular complexity index is 144. The molecule has 1 rings (SSSR count). The fourth-order valence-electron chi connectivity index (χ4n) is 0.457. The molecule has 0 fully saturated rings. The van der Waals surface area contributed by atoms with Gasteiger partial charge < -0.3 is 0 Å². The molecule has 0 saturated carbocycles. The Morgan fingerprint density at radius 1 is 1.88 bits per heavy atom. The molecule has 1 aromatic heterocycles. The molecule has 0 saturated heterocycles. The zero-order chi connectivity index (χ0) is 5.98. The van der Waals surface area contributed by atoms with Crippen molar-refractivity contribution in [3.8, 4) is 0 Å². The highest BCUT2D eigenvalue weighted by molar-refractivity contribution is 7.07. The molecule has 0 aliphatic carbocycles. The zero-order valence-corrected chi connectivity index (χ0v) is 6.09. The second kappa shape index (κ2) is 2.51. The maximum Gasteiger partial charge on any atom is 0.0571 e. The van der Waals surface area contributed by atoms with Crippen molar-refractivity contribution in [2.75, 3.05) is 0 Å². The molecule has 0 aliphatic rings. The largest absolute Gasteiger partial charge is 0.143 e. The molecule has 0 nitrogen and oxygen atoms in total. The van der Waals surface area contributed by atoms with Gasteiger partial charge in [-0.25, -0.2) is 0 Å². The highest BCUT2D eigenvalue weighted by Crippen LogP contribution is 2.20. The quantitative estimate of drug-likeness (QED) is 0.533. The van der Waals surface area contributed by atoms with Crippen molar-refractivity contribution in [1.29, 1.82) is 0 Å². The average molecular weight is 146 g/mol. The Hall–Kier alpha value is -0.0100. The molecule has 1 unspecified atom stereocenters. The molecule has 0 aromatic carbocycles. The van der Waals surface area contributed by atoms with Gasteiger partial charge in [-0.05, 0) is 23.9 Å². The van der Waals surface area contributed by atoms with Gasteiger partial charge in [-0.1, -0.05) is 0 Å². The van der Waals surface area contributed by atoms with Crippen LogP contribution in [0.1, 0.15) is 17.9 Å². The Morgan fingerprint density at radius 2 is 2.62 bits per heavy atom. The van der Waals surface area contributed by atoms with Crippen molar-refractivity contribution >= 4 is 22.9 Å². The molecule has 8 heavy (non-hydrogen) atoms. The summed E-state index contributed by atoms with van der Waals surface area (Å²) in [5.41, 5.74) is 1.09. The molecule has 0 aliphatic heterocycles. The molecule has 1 aromatic rings. The van der Waals surface area contributed by atoms with Crippen LogP contribution in [0.15, 0.2) is 11.4 Å². The molecule has 1 radical (unpaired) electrons. The summed E-state index contributed by atoms with van der Waals surface area (Å²) in [5.74, 6) is 0.